The Bertz CT molecular complexity index is 988. The molecule has 0 radical (unpaired) electrons. The highest BCUT2D eigenvalue weighted by atomic mass is 31.2. The molecular formula is C25H37O7P. The monoisotopic (exact) mass is 480 g/mol. The molecule has 0 aromatic carbocycles. The second-order valence-corrected chi connectivity index (χ2v) is 13.0. The Hall–Kier alpha value is -0.980. The van der Waals surface area contributed by atoms with Gasteiger partial charge in [0.25, 0.3) is 0 Å². The number of hydrogen-bond acceptors (Lipinski definition) is 6. The summed E-state index contributed by atoms with van der Waals surface area (Å²) in [6.45, 7) is 4.57. The van der Waals surface area contributed by atoms with Crippen molar-refractivity contribution in [3.05, 3.63) is 34.4 Å². The van der Waals surface area contributed by atoms with E-state index in [9.17, 15) is 19.4 Å². The Balaban J connectivity index is 1.58. The van der Waals surface area contributed by atoms with Crippen LogP contribution in [-0.2, 0) is 13.6 Å². The Morgan fingerprint density at radius 3 is 2.55 bits per heavy atom. The van der Waals surface area contributed by atoms with Crippen molar-refractivity contribution in [3.63, 3.8) is 0 Å². The number of fused-ring (bicyclic) bond motifs is 5. The van der Waals surface area contributed by atoms with Crippen LogP contribution < -0.4 is 5.63 Å². The summed E-state index contributed by atoms with van der Waals surface area (Å²) in [5, 5.41) is 10.3. The first-order chi connectivity index (χ1) is 15.5. The summed E-state index contributed by atoms with van der Waals surface area (Å²) in [6, 6.07) is 3.29. The second-order valence-electron chi connectivity index (χ2n) is 11.5. The molecule has 0 bridgehead atoms. The maximum Gasteiger partial charge on any atom is 0.472 e. The molecule has 1 aromatic heterocycles. The summed E-state index contributed by atoms with van der Waals surface area (Å²) < 4.78 is 29.4. The van der Waals surface area contributed by atoms with E-state index in [2.05, 4.69) is 13.8 Å². The Morgan fingerprint density at radius 1 is 1.06 bits per heavy atom. The van der Waals surface area contributed by atoms with E-state index in [4.69, 9.17) is 13.5 Å². The SMILES string of the molecule is COP(=O)(O)OC12CCC(c3ccc(=O)oc3)C1(C)CCC1C2CCC2CC(O)CCC21C. The van der Waals surface area contributed by atoms with Crippen molar-refractivity contribution in [1.82, 2.24) is 0 Å². The van der Waals surface area contributed by atoms with E-state index in [1.807, 2.05) is 6.07 Å². The minimum Gasteiger partial charge on any atom is -0.431 e. The van der Waals surface area contributed by atoms with Crippen LogP contribution >= 0.6 is 7.82 Å². The molecule has 0 amide bonds. The van der Waals surface area contributed by atoms with E-state index in [0.717, 1.165) is 56.9 Å². The zero-order valence-electron chi connectivity index (χ0n) is 19.9. The zero-order valence-corrected chi connectivity index (χ0v) is 20.8. The van der Waals surface area contributed by atoms with Crippen LogP contribution in [0, 0.1) is 28.6 Å². The molecule has 5 rings (SSSR count). The van der Waals surface area contributed by atoms with E-state index < -0.39 is 13.4 Å². The van der Waals surface area contributed by atoms with Crippen molar-refractivity contribution in [1.29, 1.82) is 0 Å². The first-order valence-electron chi connectivity index (χ1n) is 12.4. The van der Waals surface area contributed by atoms with Gasteiger partial charge in [0.05, 0.1) is 18.0 Å². The standard InChI is InChI=1S/C25H37O7P/c1-23-11-8-18(26)14-17(23)5-6-21-20(23)9-12-24(2)19(16-4-7-22(27)31-15-16)10-13-25(21,24)32-33(28,29)30-3/h4,7,15,17-21,26H,5-6,8-14H2,1-3H3,(H,28,29). The molecule has 4 saturated carbocycles. The van der Waals surface area contributed by atoms with Gasteiger partial charge in [0.15, 0.2) is 0 Å². The van der Waals surface area contributed by atoms with Gasteiger partial charge in [0.1, 0.15) is 0 Å². The van der Waals surface area contributed by atoms with Crippen LogP contribution in [0.1, 0.15) is 83.1 Å². The smallest absolute Gasteiger partial charge is 0.431 e. The molecular weight excluding hydrogens is 443 g/mol. The lowest BCUT2D eigenvalue weighted by Gasteiger charge is -2.64. The minimum absolute atomic E-state index is 0.0679. The highest BCUT2D eigenvalue weighted by molar-refractivity contribution is 7.47. The van der Waals surface area contributed by atoms with E-state index in [1.54, 1.807) is 6.26 Å². The van der Waals surface area contributed by atoms with Gasteiger partial charge >= 0.3 is 13.4 Å². The van der Waals surface area contributed by atoms with E-state index in [-0.39, 0.29) is 34.4 Å². The summed E-state index contributed by atoms with van der Waals surface area (Å²) in [6.07, 6.45) is 9.30. The van der Waals surface area contributed by atoms with Gasteiger partial charge in [-0.3, -0.25) is 9.05 Å². The van der Waals surface area contributed by atoms with Crippen LogP contribution in [0.5, 0.6) is 0 Å². The molecule has 0 saturated heterocycles. The third-order valence-electron chi connectivity index (χ3n) is 10.4. The number of hydrogen-bond donors (Lipinski definition) is 2. The normalized spacial score (nSPS) is 46.6. The van der Waals surface area contributed by atoms with Crippen LogP contribution in [0.2, 0.25) is 0 Å². The lowest BCUT2D eigenvalue weighted by atomic mass is 9.43. The van der Waals surface area contributed by atoms with Gasteiger partial charge in [-0.05, 0) is 98.5 Å². The molecule has 7 nitrogen and oxygen atoms in total. The zero-order chi connectivity index (χ0) is 23.6. The molecule has 2 N–H and O–H groups in total. The van der Waals surface area contributed by atoms with Crippen molar-refractivity contribution in [2.75, 3.05) is 7.11 Å². The van der Waals surface area contributed by atoms with Crippen LogP contribution in [0.4, 0.5) is 0 Å². The quantitative estimate of drug-likeness (QED) is 0.583. The van der Waals surface area contributed by atoms with Crippen LogP contribution in [-0.4, -0.2) is 28.8 Å². The molecule has 0 aliphatic heterocycles. The number of aliphatic hydroxyl groups excluding tert-OH is 1. The minimum atomic E-state index is -4.23. The van der Waals surface area contributed by atoms with Crippen molar-refractivity contribution in [2.45, 2.75) is 89.3 Å². The number of phosphoric ester groups is 1. The lowest BCUT2D eigenvalue weighted by molar-refractivity contribution is -0.199. The second kappa shape index (κ2) is 8.03. The molecule has 184 valence electrons. The molecule has 4 aliphatic carbocycles. The van der Waals surface area contributed by atoms with Gasteiger partial charge in [-0.2, -0.15) is 0 Å². The molecule has 33 heavy (non-hydrogen) atoms. The first-order valence-corrected chi connectivity index (χ1v) is 13.9. The van der Waals surface area contributed by atoms with Crippen molar-refractivity contribution in [2.24, 2.45) is 28.6 Å². The topological polar surface area (TPSA) is 106 Å². The third kappa shape index (κ3) is 3.53. The van der Waals surface area contributed by atoms with Crippen LogP contribution in [0.15, 0.2) is 27.6 Å². The predicted octanol–water partition coefficient (Wildman–Crippen LogP) is 5.01. The highest BCUT2D eigenvalue weighted by Gasteiger charge is 2.70. The number of aliphatic hydroxyl groups is 1. The first kappa shape index (κ1) is 23.7. The fourth-order valence-corrected chi connectivity index (χ4v) is 9.66. The molecule has 1 heterocycles. The third-order valence-corrected chi connectivity index (χ3v) is 11.4. The van der Waals surface area contributed by atoms with E-state index in [1.165, 1.54) is 13.2 Å². The summed E-state index contributed by atoms with van der Waals surface area (Å²) in [7, 11) is -3.00. The molecule has 0 spiro atoms. The molecule has 8 heteroatoms. The summed E-state index contributed by atoms with van der Waals surface area (Å²) in [5.74, 6) is 1.07. The fourth-order valence-electron chi connectivity index (χ4n) is 8.73. The Morgan fingerprint density at radius 2 is 1.85 bits per heavy atom. The van der Waals surface area contributed by atoms with Gasteiger partial charge in [-0.1, -0.05) is 13.8 Å². The van der Waals surface area contributed by atoms with Crippen LogP contribution in [0.25, 0.3) is 0 Å². The molecule has 1 aromatic rings. The highest BCUT2D eigenvalue weighted by Crippen LogP contribution is 2.74. The largest absolute Gasteiger partial charge is 0.472 e. The predicted molar refractivity (Wildman–Crippen MR) is 123 cm³/mol. The van der Waals surface area contributed by atoms with Gasteiger partial charge < -0.3 is 14.4 Å². The van der Waals surface area contributed by atoms with Crippen molar-refractivity contribution >= 4 is 7.82 Å². The van der Waals surface area contributed by atoms with Crippen molar-refractivity contribution < 1.29 is 28.0 Å². The summed E-state index contributed by atoms with van der Waals surface area (Å²) in [4.78, 5) is 22.1. The van der Waals surface area contributed by atoms with Gasteiger partial charge in [0, 0.05) is 18.6 Å². The van der Waals surface area contributed by atoms with Crippen molar-refractivity contribution in [3.8, 4) is 0 Å². The fraction of sp³-hybridized carbons (Fsp3) is 0.800. The molecule has 4 fully saturated rings. The maximum absolute atomic E-state index is 12.9. The van der Waals surface area contributed by atoms with E-state index >= 15 is 0 Å². The average Bonchev–Trinajstić information content (AvgIpc) is 3.07. The lowest BCUT2D eigenvalue weighted by Crippen LogP contribution is -2.62. The van der Waals surface area contributed by atoms with Gasteiger partial charge in [-0.25, -0.2) is 9.36 Å². The average molecular weight is 481 g/mol. The molecule has 4 aliphatic rings. The summed E-state index contributed by atoms with van der Waals surface area (Å²) >= 11 is 0. The molecule has 9 atom stereocenters. The van der Waals surface area contributed by atoms with E-state index in [0.29, 0.717) is 18.3 Å². The van der Waals surface area contributed by atoms with Crippen LogP contribution in [0.3, 0.4) is 0 Å². The molecule has 9 unspecified atom stereocenters. The number of rotatable bonds is 4. The maximum atomic E-state index is 12.9. The van der Waals surface area contributed by atoms with Gasteiger partial charge in [-0.15, -0.1) is 0 Å². The Kier molecular flexibility index (Phi) is 5.78. The summed E-state index contributed by atoms with van der Waals surface area (Å²) in [5.41, 5.74) is -0.502. The van der Waals surface area contributed by atoms with Gasteiger partial charge in [0.2, 0.25) is 0 Å². The number of phosphoric acid groups is 1. The Labute approximate surface area is 195 Å².